The van der Waals surface area contributed by atoms with E-state index in [1.54, 1.807) is 12.1 Å². The van der Waals surface area contributed by atoms with E-state index in [1.807, 2.05) is 0 Å². The highest BCUT2D eigenvalue weighted by atomic mass is 19.1. The summed E-state index contributed by atoms with van der Waals surface area (Å²) in [5, 5.41) is 6.43. The first-order valence-electron chi connectivity index (χ1n) is 8.91. The highest BCUT2D eigenvalue weighted by molar-refractivity contribution is 5.82. The third kappa shape index (κ3) is 4.75. The van der Waals surface area contributed by atoms with E-state index in [0.717, 1.165) is 57.7 Å². The van der Waals surface area contributed by atoms with Crippen LogP contribution in [0.1, 0.15) is 18.4 Å². The predicted molar refractivity (Wildman–Crippen MR) is 92.2 cm³/mol. The second kappa shape index (κ2) is 8.55. The van der Waals surface area contributed by atoms with Crippen molar-refractivity contribution in [1.82, 2.24) is 20.4 Å². The third-order valence-electron chi connectivity index (χ3n) is 4.90. The van der Waals surface area contributed by atoms with Crippen LogP contribution in [0.25, 0.3) is 0 Å². The first-order valence-corrected chi connectivity index (χ1v) is 8.91. The van der Waals surface area contributed by atoms with Gasteiger partial charge in [0.05, 0.1) is 6.04 Å². The Balaban J connectivity index is 1.45. The summed E-state index contributed by atoms with van der Waals surface area (Å²) in [6.07, 6.45) is 1.94. The molecule has 0 aliphatic carbocycles. The normalized spacial score (nSPS) is 22.6. The minimum absolute atomic E-state index is 0.0573. The molecule has 2 N–H and O–H groups in total. The predicted octanol–water partition coefficient (Wildman–Crippen LogP) is 0.812. The Bertz CT molecular complexity index is 530. The quantitative estimate of drug-likeness (QED) is 0.808. The highest BCUT2D eigenvalue weighted by Crippen LogP contribution is 2.20. The van der Waals surface area contributed by atoms with Gasteiger partial charge in [0.2, 0.25) is 5.91 Å². The fourth-order valence-electron chi connectivity index (χ4n) is 3.53. The number of hydrogen-bond acceptors (Lipinski definition) is 4. The fourth-order valence-corrected chi connectivity index (χ4v) is 3.53. The van der Waals surface area contributed by atoms with Crippen molar-refractivity contribution >= 4 is 5.91 Å². The Morgan fingerprint density at radius 2 is 1.96 bits per heavy atom. The number of carbonyl (C=O) groups is 1. The highest BCUT2D eigenvalue weighted by Gasteiger charge is 2.30. The molecule has 1 aromatic carbocycles. The fraction of sp³-hybridized carbons (Fsp3) is 0.611. The van der Waals surface area contributed by atoms with Crippen molar-refractivity contribution < 1.29 is 9.18 Å². The van der Waals surface area contributed by atoms with Gasteiger partial charge in [-0.25, -0.2) is 4.39 Å². The molecule has 2 aliphatic rings. The van der Waals surface area contributed by atoms with Crippen LogP contribution in [0.15, 0.2) is 24.3 Å². The van der Waals surface area contributed by atoms with E-state index in [0.29, 0.717) is 13.1 Å². The number of benzene rings is 1. The van der Waals surface area contributed by atoms with Gasteiger partial charge in [0.25, 0.3) is 0 Å². The topological polar surface area (TPSA) is 47.6 Å². The average molecular weight is 334 g/mol. The Morgan fingerprint density at radius 3 is 2.71 bits per heavy atom. The van der Waals surface area contributed by atoms with E-state index in [2.05, 4.69) is 20.4 Å². The maximum absolute atomic E-state index is 13.0. The van der Waals surface area contributed by atoms with Crippen LogP contribution in [0.5, 0.6) is 0 Å². The molecule has 2 heterocycles. The molecule has 3 rings (SSSR count). The molecule has 0 aromatic heterocycles. The second-order valence-electron chi connectivity index (χ2n) is 6.64. The number of carbonyl (C=O) groups excluding carboxylic acids is 1. The van der Waals surface area contributed by atoms with Gasteiger partial charge in [-0.1, -0.05) is 12.1 Å². The number of piperazine rings is 1. The van der Waals surface area contributed by atoms with Crippen molar-refractivity contribution in [2.75, 3.05) is 45.8 Å². The molecule has 0 spiro atoms. The monoisotopic (exact) mass is 334 g/mol. The van der Waals surface area contributed by atoms with Crippen molar-refractivity contribution in [1.29, 1.82) is 0 Å². The lowest BCUT2D eigenvalue weighted by atomic mass is 10.1. The molecule has 2 fully saturated rings. The van der Waals surface area contributed by atoms with E-state index in [4.69, 9.17) is 0 Å². The third-order valence-corrected chi connectivity index (χ3v) is 4.90. The Labute approximate surface area is 143 Å². The zero-order valence-electron chi connectivity index (χ0n) is 14.1. The van der Waals surface area contributed by atoms with Crippen LogP contribution in [0.3, 0.4) is 0 Å². The molecule has 0 bridgehead atoms. The van der Waals surface area contributed by atoms with Crippen molar-refractivity contribution in [3.8, 4) is 0 Å². The zero-order valence-corrected chi connectivity index (χ0v) is 14.1. The number of likely N-dealkylation sites (tertiary alicyclic amines) is 1. The Kier molecular flexibility index (Phi) is 6.18. The van der Waals surface area contributed by atoms with Gasteiger partial charge in [0, 0.05) is 45.8 Å². The summed E-state index contributed by atoms with van der Waals surface area (Å²) in [5.41, 5.74) is 1.05. The second-order valence-corrected chi connectivity index (χ2v) is 6.64. The van der Waals surface area contributed by atoms with Crippen molar-refractivity contribution in [2.24, 2.45) is 0 Å². The summed E-state index contributed by atoms with van der Waals surface area (Å²) in [6.45, 7) is 7.41. The van der Waals surface area contributed by atoms with Gasteiger partial charge in [-0.3, -0.25) is 14.6 Å². The zero-order chi connectivity index (χ0) is 16.8. The Hall–Kier alpha value is -1.50. The number of halogens is 1. The van der Waals surface area contributed by atoms with Gasteiger partial charge in [-0.15, -0.1) is 0 Å². The average Bonchev–Trinajstić information content (AvgIpc) is 3.06. The van der Waals surface area contributed by atoms with Gasteiger partial charge in [0.15, 0.2) is 0 Å². The lowest BCUT2D eigenvalue weighted by molar-refractivity contribution is -0.125. The summed E-state index contributed by atoms with van der Waals surface area (Å²) in [4.78, 5) is 17.1. The lowest BCUT2D eigenvalue weighted by Gasteiger charge is -2.28. The largest absolute Gasteiger partial charge is 0.353 e. The maximum Gasteiger partial charge on any atom is 0.237 e. The van der Waals surface area contributed by atoms with Crippen LogP contribution < -0.4 is 10.6 Å². The number of hydrogen-bond donors (Lipinski definition) is 2. The molecule has 5 nitrogen and oxygen atoms in total. The minimum Gasteiger partial charge on any atom is -0.353 e. The molecule has 24 heavy (non-hydrogen) atoms. The molecule has 0 radical (unpaired) electrons. The summed E-state index contributed by atoms with van der Waals surface area (Å²) in [7, 11) is 0. The molecule has 1 aromatic rings. The maximum atomic E-state index is 13.0. The van der Waals surface area contributed by atoms with Crippen molar-refractivity contribution in [2.45, 2.75) is 25.4 Å². The van der Waals surface area contributed by atoms with Crippen LogP contribution in [0, 0.1) is 5.82 Å². The van der Waals surface area contributed by atoms with E-state index >= 15 is 0 Å². The molecule has 2 aliphatic heterocycles. The number of rotatable bonds is 6. The number of amides is 1. The summed E-state index contributed by atoms with van der Waals surface area (Å²) in [6, 6.07) is 6.50. The summed E-state index contributed by atoms with van der Waals surface area (Å²) in [5.74, 6) is -0.0906. The van der Waals surface area contributed by atoms with Gasteiger partial charge < -0.3 is 10.6 Å². The van der Waals surface area contributed by atoms with Crippen molar-refractivity contribution in [3.63, 3.8) is 0 Å². The first kappa shape index (κ1) is 17.3. The van der Waals surface area contributed by atoms with E-state index in [1.165, 1.54) is 12.1 Å². The standard InChI is InChI=1S/C18H27FN4O/c19-16-5-3-15(4-6-16)14-23-10-1-2-17(23)18(24)21-9-13-22-11-7-20-8-12-22/h3-6,17,20H,1-2,7-14H2,(H,21,24). The SMILES string of the molecule is O=C(NCCN1CCNCC1)C1CCCN1Cc1ccc(F)cc1. The first-order chi connectivity index (χ1) is 11.7. The van der Waals surface area contributed by atoms with Gasteiger partial charge >= 0.3 is 0 Å². The van der Waals surface area contributed by atoms with Gasteiger partial charge in [0.1, 0.15) is 5.82 Å². The molecule has 1 amide bonds. The van der Waals surface area contributed by atoms with Gasteiger partial charge in [-0.2, -0.15) is 0 Å². The molecular weight excluding hydrogens is 307 g/mol. The summed E-state index contributed by atoms with van der Waals surface area (Å²) < 4.78 is 13.0. The molecule has 2 saturated heterocycles. The van der Waals surface area contributed by atoms with Crippen LogP contribution >= 0.6 is 0 Å². The van der Waals surface area contributed by atoms with E-state index in [-0.39, 0.29) is 17.8 Å². The summed E-state index contributed by atoms with van der Waals surface area (Å²) >= 11 is 0. The minimum atomic E-state index is -0.220. The van der Waals surface area contributed by atoms with Gasteiger partial charge in [-0.05, 0) is 37.1 Å². The molecule has 1 unspecified atom stereocenters. The lowest BCUT2D eigenvalue weighted by Crippen LogP contribution is -2.48. The number of nitrogens with one attached hydrogen (secondary N) is 2. The number of nitrogens with zero attached hydrogens (tertiary/aromatic N) is 2. The van der Waals surface area contributed by atoms with E-state index < -0.39 is 0 Å². The van der Waals surface area contributed by atoms with E-state index in [9.17, 15) is 9.18 Å². The molecule has 1 atom stereocenters. The molecular formula is C18H27FN4O. The molecule has 0 saturated carbocycles. The Morgan fingerprint density at radius 1 is 1.21 bits per heavy atom. The van der Waals surface area contributed by atoms with Crippen LogP contribution in [-0.2, 0) is 11.3 Å². The van der Waals surface area contributed by atoms with Crippen LogP contribution in [-0.4, -0.2) is 67.6 Å². The molecule has 132 valence electrons. The van der Waals surface area contributed by atoms with Crippen molar-refractivity contribution in [3.05, 3.63) is 35.6 Å². The van der Waals surface area contributed by atoms with Crippen LogP contribution in [0.4, 0.5) is 4.39 Å². The molecule has 6 heteroatoms. The smallest absolute Gasteiger partial charge is 0.237 e. The van der Waals surface area contributed by atoms with Crippen LogP contribution in [0.2, 0.25) is 0 Å².